The molecule has 33 heavy (non-hydrogen) atoms. The molecule has 8 nitrogen and oxygen atoms in total. The van der Waals surface area contributed by atoms with Gasteiger partial charge in [0, 0.05) is 30.5 Å². The van der Waals surface area contributed by atoms with Crippen molar-refractivity contribution in [3.05, 3.63) is 60.4 Å². The molecule has 1 aromatic carbocycles. The summed E-state index contributed by atoms with van der Waals surface area (Å²) >= 11 is 0. The van der Waals surface area contributed by atoms with Crippen molar-refractivity contribution in [1.82, 2.24) is 9.97 Å². The molecule has 176 valence electrons. The average molecular weight is 465 g/mol. The number of halogens is 3. The van der Waals surface area contributed by atoms with E-state index in [0.29, 0.717) is 16.6 Å². The number of nitrogens with zero attached hydrogens (tertiary/aromatic N) is 2. The second-order valence-corrected chi connectivity index (χ2v) is 7.20. The van der Waals surface area contributed by atoms with Gasteiger partial charge in [-0.3, -0.25) is 4.79 Å². The highest BCUT2D eigenvalue weighted by molar-refractivity contribution is 6.04. The highest BCUT2D eigenvalue weighted by atomic mass is 19.4. The Labute approximate surface area is 187 Å². The van der Waals surface area contributed by atoms with Crippen molar-refractivity contribution < 1.29 is 37.4 Å². The normalized spacial score (nSPS) is 12.0. The molecule has 0 radical (unpaired) electrons. The first-order valence-electron chi connectivity index (χ1n) is 9.69. The van der Waals surface area contributed by atoms with Crippen LogP contribution in [-0.2, 0) is 14.3 Å². The molecular formula is C22H22F3N3O5. The number of carboxylic acid groups (broad SMARTS) is 1. The number of hydrogen-bond donors (Lipinski definition) is 2. The lowest BCUT2D eigenvalue weighted by Crippen LogP contribution is -2.42. The van der Waals surface area contributed by atoms with E-state index in [1.54, 1.807) is 25.4 Å². The number of aromatic amines is 1. The number of amides is 1. The Morgan fingerprint density at radius 2 is 1.70 bits per heavy atom. The zero-order chi connectivity index (χ0) is 24.8. The molecule has 3 aromatic rings. The molecule has 2 N–H and O–H groups in total. The number of carbonyl (C=O) groups excluding carboxylic acids is 2. The Morgan fingerprint density at radius 1 is 1.09 bits per heavy atom. The molecule has 3 rings (SSSR count). The summed E-state index contributed by atoms with van der Waals surface area (Å²) in [6.07, 6.45) is -2.71. The number of fused-ring (bicyclic) bond motifs is 1. The topological polar surface area (TPSA) is 113 Å². The van der Waals surface area contributed by atoms with Gasteiger partial charge in [0.15, 0.2) is 6.10 Å². The van der Waals surface area contributed by atoms with E-state index < -0.39 is 24.2 Å². The number of alkyl halides is 3. The van der Waals surface area contributed by atoms with Crippen LogP contribution in [-0.4, -0.2) is 52.2 Å². The number of esters is 1. The summed E-state index contributed by atoms with van der Waals surface area (Å²) in [5, 5.41) is 7.80. The van der Waals surface area contributed by atoms with E-state index in [-0.39, 0.29) is 11.8 Å². The number of aromatic nitrogens is 2. The van der Waals surface area contributed by atoms with Crippen LogP contribution in [0.2, 0.25) is 0 Å². The Balaban J connectivity index is 0.000000479. The predicted molar refractivity (Wildman–Crippen MR) is 114 cm³/mol. The molecular weight excluding hydrogens is 443 g/mol. The fourth-order valence-corrected chi connectivity index (χ4v) is 2.76. The van der Waals surface area contributed by atoms with Crippen LogP contribution in [0, 0.1) is 5.92 Å². The highest BCUT2D eigenvalue weighted by Crippen LogP contribution is 2.21. The maximum atomic E-state index is 12.9. The number of anilines is 1. The van der Waals surface area contributed by atoms with E-state index in [0.717, 1.165) is 5.69 Å². The largest absolute Gasteiger partial charge is 0.490 e. The lowest BCUT2D eigenvalue weighted by atomic mass is 10.1. The van der Waals surface area contributed by atoms with Crippen molar-refractivity contribution in [2.24, 2.45) is 5.92 Å². The summed E-state index contributed by atoms with van der Waals surface area (Å²) in [6.45, 7) is 3.71. The number of rotatable bonds is 5. The molecule has 1 unspecified atom stereocenters. The van der Waals surface area contributed by atoms with Crippen molar-refractivity contribution in [1.29, 1.82) is 0 Å². The van der Waals surface area contributed by atoms with E-state index >= 15 is 0 Å². The molecule has 0 aliphatic rings. The van der Waals surface area contributed by atoms with E-state index in [1.165, 1.54) is 11.1 Å². The third kappa shape index (κ3) is 6.55. The Morgan fingerprint density at radius 3 is 2.24 bits per heavy atom. The molecule has 0 spiro atoms. The van der Waals surface area contributed by atoms with Gasteiger partial charge in [-0.05, 0) is 30.2 Å². The molecule has 1 amide bonds. The van der Waals surface area contributed by atoms with Crippen LogP contribution in [0.15, 0.2) is 54.9 Å². The van der Waals surface area contributed by atoms with Gasteiger partial charge in [0.1, 0.15) is 5.65 Å². The molecule has 11 heteroatoms. The molecule has 0 aliphatic carbocycles. The lowest BCUT2D eigenvalue weighted by molar-refractivity contribution is -0.192. The number of hydrogen-bond acceptors (Lipinski definition) is 5. The summed E-state index contributed by atoms with van der Waals surface area (Å²) in [6, 6.07) is 12.6. The third-order valence-electron chi connectivity index (χ3n) is 4.48. The zero-order valence-corrected chi connectivity index (χ0v) is 18.0. The smallest absolute Gasteiger partial charge is 0.475 e. The molecule has 1 atom stereocenters. The first-order valence-corrected chi connectivity index (χ1v) is 9.69. The van der Waals surface area contributed by atoms with Gasteiger partial charge < -0.3 is 19.7 Å². The van der Waals surface area contributed by atoms with Gasteiger partial charge >= 0.3 is 18.1 Å². The zero-order valence-electron chi connectivity index (χ0n) is 18.0. The van der Waals surface area contributed by atoms with Gasteiger partial charge in [-0.25, -0.2) is 14.6 Å². The number of likely N-dealkylation sites (N-methyl/N-ethyl adjacent to an activating group) is 1. The minimum absolute atomic E-state index is 0.166. The summed E-state index contributed by atoms with van der Waals surface area (Å²) in [5.41, 5.74) is 1.74. The number of aliphatic carboxylic acids is 1. The fraction of sp³-hybridized carbons (Fsp3) is 0.273. The van der Waals surface area contributed by atoms with E-state index in [4.69, 9.17) is 14.6 Å². The van der Waals surface area contributed by atoms with Gasteiger partial charge in [0.2, 0.25) is 0 Å². The first-order chi connectivity index (χ1) is 15.4. The second kappa shape index (κ2) is 10.6. The highest BCUT2D eigenvalue weighted by Gasteiger charge is 2.38. The van der Waals surface area contributed by atoms with Crippen LogP contribution < -0.4 is 4.90 Å². The molecule has 2 heterocycles. The van der Waals surface area contributed by atoms with E-state index in [9.17, 15) is 22.8 Å². The van der Waals surface area contributed by atoms with Gasteiger partial charge in [-0.2, -0.15) is 13.2 Å². The van der Waals surface area contributed by atoms with E-state index in [2.05, 4.69) is 9.97 Å². The van der Waals surface area contributed by atoms with Crippen molar-refractivity contribution in [2.75, 3.05) is 11.9 Å². The third-order valence-corrected chi connectivity index (χ3v) is 4.48. The maximum absolute atomic E-state index is 12.9. The van der Waals surface area contributed by atoms with Crippen LogP contribution in [0.3, 0.4) is 0 Å². The predicted octanol–water partition coefficient (Wildman–Crippen LogP) is 4.04. The lowest BCUT2D eigenvalue weighted by Gasteiger charge is -2.26. The number of carboxylic acids is 1. The minimum atomic E-state index is -5.08. The summed E-state index contributed by atoms with van der Waals surface area (Å²) in [7, 11) is 1.68. The maximum Gasteiger partial charge on any atom is 0.490 e. The Hall–Kier alpha value is -3.89. The van der Waals surface area contributed by atoms with Gasteiger partial charge in [0.05, 0.1) is 5.56 Å². The van der Waals surface area contributed by atoms with Crippen molar-refractivity contribution >= 4 is 34.6 Å². The number of nitrogens with one attached hydrogen (secondary N) is 1. The monoisotopic (exact) mass is 465 g/mol. The van der Waals surface area contributed by atoms with Crippen molar-refractivity contribution in [3.8, 4) is 0 Å². The Kier molecular flexibility index (Phi) is 8.16. The van der Waals surface area contributed by atoms with Crippen LogP contribution in [0.5, 0.6) is 0 Å². The standard InChI is InChI=1S/C20H21N3O3.C2HF3O2/c1-13(2)17(19(24)23(3)14-7-5-4-6-8-14)26-20(25)16-10-12-22-18-15(16)9-11-21-18;3-2(4,5)1(6)7/h4-13,17H,1-3H3,(H,21,22);(H,6,7). The van der Waals surface area contributed by atoms with Crippen LogP contribution in [0.1, 0.15) is 24.2 Å². The molecule has 0 saturated carbocycles. The van der Waals surface area contributed by atoms with Gasteiger partial charge in [-0.15, -0.1) is 0 Å². The number of para-hydroxylation sites is 1. The first kappa shape index (κ1) is 25.4. The number of pyridine rings is 1. The summed E-state index contributed by atoms with van der Waals surface area (Å²) in [5.74, 6) is -3.72. The SMILES string of the molecule is CC(C)C(OC(=O)c1ccnc2[nH]ccc12)C(=O)N(C)c1ccccc1.O=C(O)C(F)(F)F. The Bertz CT molecular complexity index is 1110. The molecule has 0 aliphatic heterocycles. The molecule has 2 aromatic heterocycles. The summed E-state index contributed by atoms with van der Waals surface area (Å²) < 4.78 is 37.3. The fourth-order valence-electron chi connectivity index (χ4n) is 2.76. The molecule has 0 bridgehead atoms. The second-order valence-electron chi connectivity index (χ2n) is 7.20. The quantitative estimate of drug-likeness (QED) is 0.550. The van der Waals surface area contributed by atoms with Crippen LogP contribution in [0.25, 0.3) is 11.0 Å². The van der Waals surface area contributed by atoms with Crippen molar-refractivity contribution in [2.45, 2.75) is 26.1 Å². The average Bonchev–Trinajstić information content (AvgIpc) is 3.25. The minimum Gasteiger partial charge on any atom is -0.475 e. The van der Waals surface area contributed by atoms with Crippen molar-refractivity contribution in [3.63, 3.8) is 0 Å². The van der Waals surface area contributed by atoms with Crippen LogP contribution in [0.4, 0.5) is 18.9 Å². The summed E-state index contributed by atoms with van der Waals surface area (Å²) in [4.78, 5) is 43.1. The molecule has 0 saturated heterocycles. The number of benzene rings is 1. The number of H-pyrrole nitrogens is 1. The molecule has 0 fully saturated rings. The van der Waals surface area contributed by atoms with Gasteiger partial charge in [0.25, 0.3) is 5.91 Å². The van der Waals surface area contributed by atoms with E-state index in [1.807, 2.05) is 44.2 Å². The number of ether oxygens (including phenoxy) is 1. The van der Waals surface area contributed by atoms with Crippen LogP contribution >= 0.6 is 0 Å². The number of carbonyl (C=O) groups is 3. The van der Waals surface area contributed by atoms with Gasteiger partial charge in [-0.1, -0.05) is 32.0 Å².